The topological polar surface area (TPSA) is 54.8 Å². The lowest BCUT2D eigenvalue weighted by atomic mass is 9.80. The van der Waals surface area contributed by atoms with E-state index in [2.05, 4.69) is 47.5 Å². The summed E-state index contributed by atoms with van der Waals surface area (Å²) in [5.74, 6) is 2.07. The average molecular weight is 325 g/mol. The summed E-state index contributed by atoms with van der Waals surface area (Å²) in [5, 5.41) is 0. The summed E-state index contributed by atoms with van der Waals surface area (Å²) >= 11 is 0. The van der Waals surface area contributed by atoms with Gasteiger partial charge < -0.3 is 4.90 Å². The van der Waals surface area contributed by atoms with Crippen LogP contribution in [-0.4, -0.2) is 33.0 Å². The molecule has 1 fully saturated rings. The van der Waals surface area contributed by atoms with Crippen molar-refractivity contribution < 1.29 is 0 Å². The molecular weight excluding hydrogens is 298 g/mol. The molecule has 2 aromatic heterocycles. The van der Waals surface area contributed by atoms with Crippen molar-refractivity contribution in [3.63, 3.8) is 0 Å². The fraction of sp³-hybridized carbons (Fsp3) is 0.579. The summed E-state index contributed by atoms with van der Waals surface area (Å²) < 4.78 is 0. The molecule has 0 aliphatic carbocycles. The van der Waals surface area contributed by atoms with Crippen LogP contribution in [-0.2, 0) is 5.41 Å². The molecule has 0 saturated carbocycles. The predicted octanol–water partition coefficient (Wildman–Crippen LogP) is 3.58. The molecule has 0 aromatic carbocycles. The van der Waals surface area contributed by atoms with Crippen LogP contribution in [0, 0.1) is 5.92 Å². The Morgan fingerprint density at radius 2 is 2.00 bits per heavy atom. The first-order chi connectivity index (χ1) is 11.5. The van der Waals surface area contributed by atoms with Gasteiger partial charge in [-0.3, -0.25) is 15.0 Å². The van der Waals surface area contributed by atoms with Gasteiger partial charge in [-0.25, -0.2) is 4.98 Å². The second kappa shape index (κ2) is 6.83. The second-order valence-electron chi connectivity index (χ2n) is 7.74. The van der Waals surface area contributed by atoms with Gasteiger partial charge in [0.25, 0.3) is 0 Å². The minimum absolute atomic E-state index is 0.0421. The highest BCUT2D eigenvalue weighted by molar-refractivity contribution is 5.38. The first-order valence-electron chi connectivity index (χ1n) is 8.79. The van der Waals surface area contributed by atoms with Crippen LogP contribution >= 0.6 is 0 Å². The van der Waals surface area contributed by atoms with Gasteiger partial charge in [0.15, 0.2) is 0 Å². The molecule has 3 heterocycles. The third kappa shape index (κ3) is 3.71. The van der Waals surface area contributed by atoms with E-state index in [1.807, 2.05) is 18.6 Å². The predicted molar refractivity (Wildman–Crippen MR) is 96.1 cm³/mol. The van der Waals surface area contributed by atoms with E-state index in [1.54, 1.807) is 12.4 Å². The van der Waals surface area contributed by atoms with Gasteiger partial charge >= 0.3 is 0 Å². The lowest BCUT2D eigenvalue weighted by molar-refractivity contribution is 0.372. The second-order valence-corrected chi connectivity index (χ2v) is 7.74. The average Bonchev–Trinajstić information content (AvgIpc) is 3.03. The number of rotatable bonds is 5. The summed E-state index contributed by atoms with van der Waals surface area (Å²) in [4.78, 5) is 20.3. The molecule has 24 heavy (non-hydrogen) atoms. The monoisotopic (exact) mass is 325 g/mol. The third-order valence-electron chi connectivity index (χ3n) is 4.90. The van der Waals surface area contributed by atoms with Gasteiger partial charge in [-0.2, -0.15) is 0 Å². The lowest BCUT2D eigenvalue weighted by Gasteiger charge is -2.27. The third-order valence-corrected chi connectivity index (χ3v) is 4.90. The number of hydrogen-bond acceptors (Lipinski definition) is 5. The molecule has 128 valence electrons. The molecule has 1 saturated heterocycles. The van der Waals surface area contributed by atoms with Gasteiger partial charge in [0.05, 0.1) is 17.6 Å². The Balaban J connectivity index is 1.66. The Morgan fingerprint density at radius 3 is 2.71 bits per heavy atom. The summed E-state index contributed by atoms with van der Waals surface area (Å²) in [6.07, 6.45) is 11.5. The van der Waals surface area contributed by atoms with Crippen molar-refractivity contribution in [2.45, 2.75) is 51.9 Å². The van der Waals surface area contributed by atoms with E-state index in [0.29, 0.717) is 11.8 Å². The Morgan fingerprint density at radius 1 is 1.17 bits per heavy atom. The standard InChI is InChI=1S/C19H27N5/c1-14(2)16-10-21-12-18(23-16)24-8-5-15(13-24)9-19(3,4)17-11-20-6-7-22-17/h6-7,10-12,14-15H,5,8-9,13H2,1-4H3. The Labute approximate surface area is 144 Å². The maximum absolute atomic E-state index is 4.78. The van der Waals surface area contributed by atoms with Crippen molar-refractivity contribution in [2.75, 3.05) is 18.0 Å². The molecule has 2 aromatic rings. The zero-order valence-corrected chi connectivity index (χ0v) is 15.1. The molecule has 0 amide bonds. The summed E-state index contributed by atoms with van der Waals surface area (Å²) in [7, 11) is 0. The van der Waals surface area contributed by atoms with Crippen LogP contribution in [0.2, 0.25) is 0 Å². The van der Waals surface area contributed by atoms with Crippen LogP contribution in [0.4, 0.5) is 5.82 Å². The van der Waals surface area contributed by atoms with Crippen molar-refractivity contribution in [1.29, 1.82) is 0 Å². The van der Waals surface area contributed by atoms with E-state index < -0.39 is 0 Å². The maximum atomic E-state index is 4.78. The normalized spacial score (nSPS) is 18.4. The number of nitrogens with zero attached hydrogens (tertiary/aromatic N) is 5. The van der Waals surface area contributed by atoms with Gasteiger partial charge in [-0.05, 0) is 24.7 Å². The molecule has 0 bridgehead atoms. The number of anilines is 1. The zero-order chi connectivity index (χ0) is 17.2. The minimum Gasteiger partial charge on any atom is -0.355 e. The zero-order valence-electron chi connectivity index (χ0n) is 15.1. The highest BCUT2D eigenvalue weighted by atomic mass is 15.2. The van der Waals surface area contributed by atoms with Gasteiger partial charge in [-0.1, -0.05) is 27.7 Å². The van der Waals surface area contributed by atoms with Crippen molar-refractivity contribution >= 4 is 5.82 Å². The summed E-state index contributed by atoms with van der Waals surface area (Å²) in [6, 6.07) is 0. The minimum atomic E-state index is 0.0421. The van der Waals surface area contributed by atoms with Crippen LogP contribution in [0.3, 0.4) is 0 Å². The van der Waals surface area contributed by atoms with Crippen LogP contribution in [0.1, 0.15) is 57.8 Å². The van der Waals surface area contributed by atoms with Crippen molar-refractivity contribution in [2.24, 2.45) is 5.92 Å². The highest BCUT2D eigenvalue weighted by Gasteiger charge is 2.31. The first-order valence-corrected chi connectivity index (χ1v) is 8.79. The molecule has 3 rings (SSSR count). The summed E-state index contributed by atoms with van der Waals surface area (Å²) in [6.45, 7) is 10.9. The number of hydrogen-bond donors (Lipinski definition) is 0. The molecule has 1 aliphatic heterocycles. The van der Waals surface area contributed by atoms with Crippen molar-refractivity contribution in [3.8, 4) is 0 Å². The molecule has 1 atom stereocenters. The van der Waals surface area contributed by atoms with E-state index in [0.717, 1.165) is 36.7 Å². The van der Waals surface area contributed by atoms with Gasteiger partial charge in [-0.15, -0.1) is 0 Å². The van der Waals surface area contributed by atoms with Crippen molar-refractivity contribution in [1.82, 2.24) is 19.9 Å². The smallest absolute Gasteiger partial charge is 0.147 e. The first kappa shape index (κ1) is 16.8. The lowest BCUT2D eigenvalue weighted by Crippen LogP contribution is -2.26. The van der Waals surface area contributed by atoms with E-state index in [9.17, 15) is 0 Å². The van der Waals surface area contributed by atoms with Gasteiger partial charge in [0.2, 0.25) is 0 Å². The molecule has 1 unspecified atom stereocenters. The van der Waals surface area contributed by atoms with Crippen LogP contribution in [0.15, 0.2) is 31.0 Å². The van der Waals surface area contributed by atoms with Gasteiger partial charge in [0.1, 0.15) is 5.82 Å². The fourth-order valence-corrected chi connectivity index (χ4v) is 3.48. The molecule has 5 heteroatoms. The Hall–Kier alpha value is -2.04. The van der Waals surface area contributed by atoms with Crippen LogP contribution in [0.5, 0.6) is 0 Å². The van der Waals surface area contributed by atoms with Crippen molar-refractivity contribution in [3.05, 3.63) is 42.4 Å². The van der Waals surface area contributed by atoms with E-state index in [4.69, 9.17) is 4.98 Å². The molecule has 1 aliphatic rings. The molecule has 0 radical (unpaired) electrons. The summed E-state index contributed by atoms with van der Waals surface area (Å²) in [5.41, 5.74) is 2.18. The molecule has 0 N–H and O–H groups in total. The number of aromatic nitrogens is 4. The Bertz CT molecular complexity index is 668. The van der Waals surface area contributed by atoms with Crippen LogP contribution in [0.25, 0.3) is 0 Å². The highest BCUT2D eigenvalue weighted by Crippen LogP contribution is 2.34. The quantitative estimate of drug-likeness (QED) is 0.841. The molecular formula is C19H27N5. The molecule has 0 spiro atoms. The maximum Gasteiger partial charge on any atom is 0.147 e. The SMILES string of the molecule is CC(C)c1cncc(N2CCC(CC(C)(C)c3cnccn3)C2)n1. The van der Waals surface area contributed by atoms with E-state index >= 15 is 0 Å². The largest absolute Gasteiger partial charge is 0.355 e. The fourth-order valence-electron chi connectivity index (χ4n) is 3.48. The molecule has 5 nitrogen and oxygen atoms in total. The van der Waals surface area contributed by atoms with Crippen LogP contribution < -0.4 is 4.90 Å². The van der Waals surface area contributed by atoms with Gasteiger partial charge in [0, 0.05) is 43.3 Å². The Kier molecular flexibility index (Phi) is 4.78. The van der Waals surface area contributed by atoms with E-state index in [-0.39, 0.29) is 5.41 Å². The van der Waals surface area contributed by atoms with E-state index in [1.165, 1.54) is 6.42 Å².